The van der Waals surface area contributed by atoms with E-state index in [9.17, 15) is 9.59 Å². The first-order valence-electron chi connectivity index (χ1n) is 9.60. The number of hydrogen-bond donors (Lipinski definition) is 1. The quantitative estimate of drug-likeness (QED) is 0.381. The molecule has 0 radical (unpaired) electrons. The predicted octanol–water partition coefficient (Wildman–Crippen LogP) is 4.85. The summed E-state index contributed by atoms with van der Waals surface area (Å²) in [4.78, 5) is 29.5. The molecule has 146 valence electrons. The summed E-state index contributed by atoms with van der Waals surface area (Å²) in [6.07, 6.45) is 3.30. The molecule has 0 saturated carbocycles. The molecule has 0 aliphatic carbocycles. The number of ketones is 1. The summed E-state index contributed by atoms with van der Waals surface area (Å²) in [5, 5.41) is 0.838. The summed E-state index contributed by atoms with van der Waals surface area (Å²) in [6, 6.07) is 18.5. The minimum absolute atomic E-state index is 0.252. The fourth-order valence-corrected chi connectivity index (χ4v) is 3.60. The Bertz CT molecular complexity index is 1170. The molecule has 0 saturated heterocycles. The number of rotatable bonds is 6. The van der Waals surface area contributed by atoms with Gasteiger partial charge in [0.25, 0.3) is 0 Å². The number of para-hydroxylation sites is 1. The first-order chi connectivity index (χ1) is 14.1. The van der Waals surface area contributed by atoms with Crippen LogP contribution >= 0.6 is 0 Å². The maximum Gasteiger partial charge on any atom is 0.356 e. The van der Waals surface area contributed by atoms with Crippen molar-refractivity contribution in [3.63, 3.8) is 0 Å². The first kappa shape index (κ1) is 18.7. The summed E-state index contributed by atoms with van der Waals surface area (Å²) in [5.41, 5.74) is 3.63. The Morgan fingerprint density at radius 3 is 2.52 bits per heavy atom. The molecule has 4 aromatic rings. The molecule has 0 bridgehead atoms. The van der Waals surface area contributed by atoms with Gasteiger partial charge in [0.15, 0.2) is 6.10 Å². The molecule has 2 aromatic carbocycles. The molecule has 0 spiro atoms. The summed E-state index contributed by atoms with van der Waals surface area (Å²) >= 11 is 0. The minimum atomic E-state index is -1.03. The second-order valence-electron chi connectivity index (χ2n) is 6.96. The monoisotopic (exact) mass is 386 g/mol. The number of fused-ring (bicyclic) bond motifs is 1. The molecule has 2 heterocycles. The standard InChI is InChI=1S/C24H22N2O3/c1-3-16-11-7-12-18-19(15-25-21(16)18)22(27)23(17-9-5-4-6-10-17)29-24(28)20-13-8-14-26(20)2/h4-15,23,25H,3H2,1-2H3/t23-/m0/s1. The smallest absolute Gasteiger partial charge is 0.356 e. The van der Waals surface area contributed by atoms with Gasteiger partial charge in [0.1, 0.15) is 5.69 Å². The van der Waals surface area contributed by atoms with Gasteiger partial charge in [0.05, 0.1) is 0 Å². The normalized spacial score (nSPS) is 12.1. The lowest BCUT2D eigenvalue weighted by Crippen LogP contribution is -2.21. The van der Waals surface area contributed by atoms with E-state index in [-0.39, 0.29) is 5.78 Å². The zero-order valence-electron chi connectivity index (χ0n) is 16.4. The third kappa shape index (κ3) is 3.47. The number of carbonyl (C=O) groups excluding carboxylic acids is 2. The van der Waals surface area contributed by atoms with Gasteiger partial charge in [-0.1, -0.05) is 55.5 Å². The Labute approximate surface area is 168 Å². The van der Waals surface area contributed by atoms with Crippen molar-refractivity contribution in [2.24, 2.45) is 7.05 Å². The van der Waals surface area contributed by atoms with Crippen LogP contribution in [0.1, 0.15) is 45.0 Å². The van der Waals surface area contributed by atoms with E-state index in [1.54, 1.807) is 48.3 Å². The number of benzene rings is 2. The van der Waals surface area contributed by atoms with Gasteiger partial charge < -0.3 is 14.3 Å². The van der Waals surface area contributed by atoms with Crippen LogP contribution in [-0.4, -0.2) is 21.3 Å². The van der Waals surface area contributed by atoms with Crippen LogP contribution in [0.3, 0.4) is 0 Å². The number of Topliss-reactive ketones (excluding diaryl/α,β-unsaturated/α-hetero) is 1. The summed E-state index contributed by atoms with van der Waals surface area (Å²) < 4.78 is 7.40. The zero-order chi connectivity index (χ0) is 20.4. The maximum absolute atomic E-state index is 13.5. The fourth-order valence-electron chi connectivity index (χ4n) is 3.60. The Hall–Kier alpha value is -3.60. The molecule has 2 aromatic heterocycles. The van der Waals surface area contributed by atoms with Crippen molar-refractivity contribution in [1.29, 1.82) is 0 Å². The van der Waals surface area contributed by atoms with Gasteiger partial charge in [-0.25, -0.2) is 4.79 Å². The van der Waals surface area contributed by atoms with E-state index in [0.717, 1.165) is 22.9 Å². The van der Waals surface area contributed by atoms with Crippen LogP contribution < -0.4 is 0 Å². The lowest BCUT2D eigenvalue weighted by molar-refractivity contribution is 0.0271. The number of nitrogens with zero attached hydrogens (tertiary/aromatic N) is 1. The third-order valence-electron chi connectivity index (χ3n) is 5.17. The Morgan fingerprint density at radius 1 is 1.03 bits per heavy atom. The largest absolute Gasteiger partial charge is 0.444 e. The van der Waals surface area contributed by atoms with Gasteiger partial charge in [-0.05, 0) is 24.1 Å². The molecule has 4 rings (SSSR count). The van der Waals surface area contributed by atoms with E-state index in [4.69, 9.17) is 4.74 Å². The molecule has 5 heteroatoms. The van der Waals surface area contributed by atoms with Crippen LogP contribution in [0.15, 0.2) is 73.1 Å². The predicted molar refractivity (Wildman–Crippen MR) is 112 cm³/mol. The highest BCUT2D eigenvalue weighted by Gasteiger charge is 2.29. The molecule has 29 heavy (non-hydrogen) atoms. The van der Waals surface area contributed by atoms with Gasteiger partial charge in [0, 0.05) is 41.5 Å². The molecular weight excluding hydrogens is 364 g/mol. The molecule has 1 N–H and O–H groups in total. The van der Waals surface area contributed by atoms with E-state index in [1.807, 2.05) is 36.4 Å². The van der Waals surface area contributed by atoms with Crippen LogP contribution in [0.25, 0.3) is 10.9 Å². The zero-order valence-corrected chi connectivity index (χ0v) is 16.4. The van der Waals surface area contributed by atoms with Gasteiger partial charge in [-0.15, -0.1) is 0 Å². The number of aromatic amines is 1. The van der Waals surface area contributed by atoms with E-state index in [2.05, 4.69) is 11.9 Å². The van der Waals surface area contributed by atoms with Gasteiger partial charge in [-0.3, -0.25) is 4.79 Å². The van der Waals surface area contributed by atoms with Crippen LogP contribution in [-0.2, 0) is 18.2 Å². The summed E-state index contributed by atoms with van der Waals surface area (Å²) in [6.45, 7) is 2.07. The fraction of sp³-hybridized carbons (Fsp3) is 0.167. The van der Waals surface area contributed by atoms with Crippen LogP contribution in [0.5, 0.6) is 0 Å². The molecule has 0 unspecified atom stereocenters. The number of H-pyrrole nitrogens is 1. The van der Waals surface area contributed by atoms with E-state index < -0.39 is 12.1 Å². The van der Waals surface area contributed by atoms with Crippen molar-refractivity contribution in [1.82, 2.24) is 9.55 Å². The topological polar surface area (TPSA) is 64.1 Å². The highest BCUT2D eigenvalue weighted by atomic mass is 16.5. The number of nitrogens with one attached hydrogen (secondary N) is 1. The first-order valence-corrected chi connectivity index (χ1v) is 9.60. The SMILES string of the molecule is CCc1cccc2c(C(=O)[C@@H](OC(=O)c3cccn3C)c3ccccc3)c[nH]c12. The average molecular weight is 386 g/mol. The minimum Gasteiger partial charge on any atom is -0.444 e. The van der Waals surface area contributed by atoms with Crippen molar-refractivity contribution in [3.8, 4) is 0 Å². The van der Waals surface area contributed by atoms with E-state index in [0.29, 0.717) is 16.8 Å². The van der Waals surface area contributed by atoms with Crippen molar-refractivity contribution in [2.45, 2.75) is 19.4 Å². The number of hydrogen-bond acceptors (Lipinski definition) is 3. The highest BCUT2D eigenvalue weighted by molar-refractivity contribution is 6.11. The molecule has 5 nitrogen and oxygen atoms in total. The van der Waals surface area contributed by atoms with Crippen LogP contribution in [0.2, 0.25) is 0 Å². The number of carbonyl (C=O) groups is 2. The molecule has 0 aliphatic rings. The molecule has 0 aliphatic heterocycles. The number of ether oxygens (including phenoxy) is 1. The lowest BCUT2D eigenvalue weighted by atomic mass is 9.98. The van der Waals surface area contributed by atoms with Crippen LogP contribution in [0.4, 0.5) is 0 Å². The van der Waals surface area contributed by atoms with Crippen LogP contribution in [0, 0.1) is 0 Å². The van der Waals surface area contributed by atoms with Gasteiger partial charge >= 0.3 is 5.97 Å². The summed E-state index contributed by atoms with van der Waals surface area (Å²) in [5.74, 6) is -0.785. The molecular formula is C24H22N2O3. The Morgan fingerprint density at radius 2 is 1.83 bits per heavy atom. The third-order valence-corrected chi connectivity index (χ3v) is 5.17. The summed E-state index contributed by atoms with van der Waals surface area (Å²) in [7, 11) is 1.77. The second-order valence-corrected chi connectivity index (χ2v) is 6.96. The van der Waals surface area contributed by atoms with Gasteiger partial charge in [0.2, 0.25) is 5.78 Å². The molecule has 0 fully saturated rings. The van der Waals surface area contributed by atoms with E-state index in [1.165, 1.54) is 0 Å². The van der Waals surface area contributed by atoms with Crippen molar-refractivity contribution in [2.75, 3.05) is 0 Å². The Kier molecular flexibility index (Phi) is 5.04. The number of aryl methyl sites for hydroxylation is 2. The van der Waals surface area contributed by atoms with E-state index >= 15 is 0 Å². The Balaban J connectivity index is 1.75. The lowest BCUT2D eigenvalue weighted by Gasteiger charge is -2.17. The van der Waals surface area contributed by atoms with Crippen molar-refractivity contribution in [3.05, 3.63) is 95.4 Å². The number of esters is 1. The second kappa shape index (κ2) is 7.80. The molecule has 0 amide bonds. The maximum atomic E-state index is 13.5. The van der Waals surface area contributed by atoms with Gasteiger partial charge in [-0.2, -0.15) is 0 Å². The average Bonchev–Trinajstić information content (AvgIpc) is 3.38. The molecule has 1 atom stereocenters. The van der Waals surface area contributed by atoms with Crippen molar-refractivity contribution < 1.29 is 14.3 Å². The highest BCUT2D eigenvalue weighted by Crippen LogP contribution is 2.29. The van der Waals surface area contributed by atoms with Crippen molar-refractivity contribution >= 4 is 22.7 Å². The number of aromatic nitrogens is 2.